The van der Waals surface area contributed by atoms with Crippen molar-refractivity contribution in [3.63, 3.8) is 0 Å². The number of carbonyl (C=O) groups excluding carboxylic acids is 3. The van der Waals surface area contributed by atoms with Gasteiger partial charge in [0, 0.05) is 5.56 Å². The van der Waals surface area contributed by atoms with Gasteiger partial charge in [-0.25, -0.2) is 0 Å². The Morgan fingerprint density at radius 2 is 1.47 bits per heavy atom. The molecule has 1 aliphatic heterocycles. The normalized spacial score (nSPS) is 21.9. The Bertz CT molecular complexity index is 1200. The molecule has 0 spiro atoms. The molecule has 0 N–H and O–H groups in total. The number of ether oxygens (including phenoxy) is 1. The monoisotopic (exact) mass is 453 g/mol. The van der Waals surface area contributed by atoms with Gasteiger partial charge in [-0.3, -0.25) is 19.3 Å². The van der Waals surface area contributed by atoms with Gasteiger partial charge >= 0.3 is 0 Å². The predicted molar refractivity (Wildman–Crippen MR) is 131 cm³/mol. The van der Waals surface area contributed by atoms with E-state index >= 15 is 0 Å². The molecule has 2 fully saturated rings. The summed E-state index contributed by atoms with van der Waals surface area (Å²) in [7, 11) is 0. The van der Waals surface area contributed by atoms with Gasteiger partial charge in [0.15, 0.2) is 12.4 Å². The lowest BCUT2D eigenvalue weighted by molar-refractivity contribution is -0.122. The highest BCUT2D eigenvalue weighted by molar-refractivity contribution is 6.22. The van der Waals surface area contributed by atoms with Crippen LogP contribution in [0.25, 0.3) is 11.1 Å². The summed E-state index contributed by atoms with van der Waals surface area (Å²) in [6, 6.07) is 24.3. The molecule has 0 radical (unpaired) electrons. The first kappa shape index (κ1) is 22.1. The number of amides is 2. The van der Waals surface area contributed by atoms with Gasteiger partial charge in [-0.15, -0.1) is 0 Å². The molecule has 5 rings (SSSR count). The quantitative estimate of drug-likeness (QED) is 0.363. The summed E-state index contributed by atoms with van der Waals surface area (Å²) in [5.74, 6) is 0.299. The third-order valence-corrected chi connectivity index (χ3v) is 6.97. The van der Waals surface area contributed by atoms with Crippen LogP contribution in [-0.2, 0) is 9.59 Å². The number of hydrogen-bond donors (Lipinski definition) is 0. The minimum Gasteiger partial charge on any atom is -0.485 e. The Morgan fingerprint density at radius 1 is 0.824 bits per heavy atom. The molecular weight excluding hydrogens is 426 g/mol. The van der Waals surface area contributed by atoms with Crippen molar-refractivity contribution in [2.75, 3.05) is 11.5 Å². The fraction of sp³-hybridized carbons (Fsp3) is 0.276. The Morgan fingerprint density at radius 3 is 2.18 bits per heavy atom. The second-order valence-corrected chi connectivity index (χ2v) is 9.29. The molecule has 34 heavy (non-hydrogen) atoms. The fourth-order valence-corrected chi connectivity index (χ4v) is 5.05. The molecule has 1 saturated heterocycles. The van der Waals surface area contributed by atoms with Gasteiger partial charge in [0.2, 0.25) is 11.8 Å². The van der Waals surface area contributed by atoms with Crippen LogP contribution >= 0.6 is 0 Å². The van der Waals surface area contributed by atoms with Crippen molar-refractivity contribution in [3.05, 3.63) is 84.4 Å². The maximum absolute atomic E-state index is 12.9. The molecule has 2 amide bonds. The average molecular weight is 454 g/mol. The van der Waals surface area contributed by atoms with E-state index in [1.165, 1.54) is 4.90 Å². The van der Waals surface area contributed by atoms with Crippen molar-refractivity contribution in [1.29, 1.82) is 0 Å². The number of anilines is 1. The highest BCUT2D eigenvalue weighted by Crippen LogP contribution is 2.42. The minimum absolute atomic E-state index is 0.0896. The zero-order valence-corrected chi connectivity index (χ0v) is 19.1. The second kappa shape index (κ2) is 9.26. The molecule has 0 aromatic heterocycles. The molecule has 0 bridgehead atoms. The van der Waals surface area contributed by atoms with E-state index in [1.807, 2.05) is 54.6 Å². The average Bonchev–Trinajstić information content (AvgIpc) is 3.12. The van der Waals surface area contributed by atoms with E-state index in [-0.39, 0.29) is 36.0 Å². The van der Waals surface area contributed by atoms with Crippen LogP contribution in [0.4, 0.5) is 5.69 Å². The summed E-state index contributed by atoms with van der Waals surface area (Å²) >= 11 is 0. The van der Waals surface area contributed by atoms with Crippen molar-refractivity contribution in [3.8, 4) is 16.9 Å². The Hall–Kier alpha value is -3.73. The van der Waals surface area contributed by atoms with Gasteiger partial charge in [-0.05, 0) is 60.6 Å². The number of imide groups is 1. The largest absolute Gasteiger partial charge is 0.485 e. The highest BCUT2D eigenvalue weighted by atomic mass is 16.5. The number of carbonyl (C=O) groups is 3. The Labute approximate surface area is 199 Å². The number of rotatable bonds is 6. The van der Waals surface area contributed by atoms with Gasteiger partial charge in [0.05, 0.1) is 17.5 Å². The van der Waals surface area contributed by atoms with Crippen LogP contribution in [0, 0.1) is 17.8 Å². The van der Waals surface area contributed by atoms with Crippen LogP contribution in [0.3, 0.4) is 0 Å². The topological polar surface area (TPSA) is 63.7 Å². The predicted octanol–water partition coefficient (Wildman–Crippen LogP) is 5.54. The Kier molecular flexibility index (Phi) is 6.01. The number of Topliss-reactive ketones (excluding diaryl/α,β-unsaturated/α-hetero) is 1. The lowest BCUT2D eigenvalue weighted by atomic mass is 9.76. The summed E-state index contributed by atoms with van der Waals surface area (Å²) in [5.41, 5.74) is 3.30. The van der Waals surface area contributed by atoms with Crippen LogP contribution in [0.2, 0.25) is 0 Å². The summed E-state index contributed by atoms with van der Waals surface area (Å²) in [5, 5.41) is 0. The lowest BCUT2D eigenvalue weighted by Crippen LogP contribution is -2.30. The van der Waals surface area contributed by atoms with Crippen LogP contribution in [0.5, 0.6) is 5.75 Å². The van der Waals surface area contributed by atoms with Gasteiger partial charge < -0.3 is 4.74 Å². The molecule has 5 heteroatoms. The molecule has 1 saturated carbocycles. The third-order valence-electron chi connectivity index (χ3n) is 6.97. The number of fused-ring (bicyclic) bond motifs is 1. The number of nitrogens with zero attached hydrogens (tertiary/aromatic N) is 1. The summed E-state index contributed by atoms with van der Waals surface area (Å²) < 4.78 is 5.68. The molecule has 1 heterocycles. The van der Waals surface area contributed by atoms with E-state index in [0.717, 1.165) is 30.4 Å². The number of benzene rings is 3. The molecule has 2 aliphatic rings. The maximum atomic E-state index is 12.9. The summed E-state index contributed by atoms with van der Waals surface area (Å²) in [4.78, 5) is 39.7. The van der Waals surface area contributed by atoms with Gasteiger partial charge in [-0.1, -0.05) is 61.5 Å². The van der Waals surface area contributed by atoms with Crippen LogP contribution < -0.4 is 9.64 Å². The summed E-state index contributed by atoms with van der Waals surface area (Å²) in [6.45, 7) is 2.05. The van der Waals surface area contributed by atoms with Crippen molar-refractivity contribution in [1.82, 2.24) is 0 Å². The zero-order valence-electron chi connectivity index (χ0n) is 19.1. The van der Waals surface area contributed by atoms with Crippen LogP contribution in [0.15, 0.2) is 78.9 Å². The van der Waals surface area contributed by atoms with Crippen LogP contribution in [0.1, 0.15) is 36.5 Å². The fourth-order valence-electron chi connectivity index (χ4n) is 5.05. The lowest BCUT2D eigenvalue weighted by Gasteiger charge is -2.25. The van der Waals surface area contributed by atoms with Crippen molar-refractivity contribution in [2.24, 2.45) is 17.8 Å². The van der Waals surface area contributed by atoms with E-state index in [9.17, 15) is 14.4 Å². The first-order valence-electron chi connectivity index (χ1n) is 11.8. The summed E-state index contributed by atoms with van der Waals surface area (Å²) in [6.07, 6.45) is 2.55. The molecule has 5 nitrogen and oxygen atoms in total. The van der Waals surface area contributed by atoms with Crippen molar-refractivity contribution >= 4 is 23.3 Å². The number of ketones is 1. The smallest absolute Gasteiger partial charge is 0.237 e. The van der Waals surface area contributed by atoms with Crippen molar-refractivity contribution < 1.29 is 19.1 Å². The molecule has 0 unspecified atom stereocenters. The standard InChI is InChI=1S/C29H27NO4/c1-19-7-16-25-26(17-19)29(33)30(28(25)32)23-12-14-24(15-13-23)34-18-27(31)22-10-8-21(9-11-22)20-5-3-2-4-6-20/h2-6,8-15,19,25-26H,7,16-18H2,1H3/t19-,25-,26+/m1/s1. The van der Waals surface area contributed by atoms with Crippen LogP contribution in [-0.4, -0.2) is 24.2 Å². The zero-order chi connectivity index (χ0) is 23.7. The second-order valence-electron chi connectivity index (χ2n) is 9.29. The van der Waals surface area contributed by atoms with Gasteiger partial charge in [0.25, 0.3) is 0 Å². The van der Waals surface area contributed by atoms with E-state index in [4.69, 9.17) is 4.74 Å². The first-order valence-corrected chi connectivity index (χ1v) is 11.8. The SMILES string of the molecule is C[C@@H]1CC[C@H]2C(=O)N(c3ccc(OCC(=O)c4ccc(-c5ccccc5)cc4)cc3)C(=O)[C@H]2C1. The van der Waals surface area contributed by atoms with Crippen molar-refractivity contribution in [2.45, 2.75) is 26.2 Å². The van der Waals surface area contributed by atoms with E-state index in [2.05, 4.69) is 6.92 Å². The molecule has 172 valence electrons. The molecule has 3 atom stereocenters. The Balaban J connectivity index is 1.21. The number of hydrogen-bond acceptors (Lipinski definition) is 4. The maximum Gasteiger partial charge on any atom is 0.237 e. The molecule has 3 aromatic rings. The molecule has 3 aromatic carbocycles. The van der Waals surface area contributed by atoms with Gasteiger partial charge in [-0.2, -0.15) is 0 Å². The molecule has 1 aliphatic carbocycles. The van der Waals surface area contributed by atoms with E-state index < -0.39 is 0 Å². The van der Waals surface area contributed by atoms with Gasteiger partial charge in [0.1, 0.15) is 5.75 Å². The molecular formula is C29H27NO4. The first-order chi connectivity index (χ1) is 16.5. The van der Waals surface area contributed by atoms with E-state index in [1.54, 1.807) is 24.3 Å². The van der Waals surface area contributed by atoms with E-state index in [0.29, 0.717) is 22.9 Å². The minimum atomic E-state index is -0.196. The highest BCUT2D eigenvalue weighted by Gasteiger charge is 2.49. The third kappa shape index (κ3) is 4.26.